The molecular formula is C22H35FN2O. The minimum Gasteiger partial charge on any atom is -0.352 e. The first-order valence-corrected chi connectivity index (χ1v) is 9.88. The fourth-order valence-corrected chi connectivity index (χ4v) is 3.99. The molecule has 1 N–H and O–H groups in total. The van der Waals surface area contributed by atoms with Gasteiger partial charge in [0.2, 0.25) is 5.91 Å². The minimum atomic E-state index is -0.176. The highest BCUT2D eigenvalue weighted by Crippen LogP contribution is 2.42. The van der Waals surface area contributed by atoms with Crippen molar-refractivity contribution in [1.29, 1.82) is 0 Å². The van der Waals surface area contributed by atoms with Crippen molar-refractivity contribution < 1.29 is 9.18 Å². The van der Waals surface area contributed by atoms with Crippen molar-refractivity contribution >= 4 is 5.91 Å². The van der Waals surface area contributed by atoms with E-state index in [1.165, 1.54) is 5.56 Å². The van der Waals surface area contributed by atoms with Crippen LogP contribution in [0.1, 0.15) is 59.4 Å². The average Bonchev–Trinajstić information content (AvgIpc) is 2.54. The molecule has 146 valence electrons. The Morgan fingerprint density at radius 2 is 1.85 bits per heavy atom. The van der Waals surface area contributed by atoms with E-state index in [1.807, 2.05) is 26.0 Å². The lowest BCUT2D eigenvalue weighted by atomic mass is 9.70. The summed E-state index contributed by atoms with van der Waals surface area (Å²) < 4.78 is 13.2. The number of rotatable bonds is 6. The second-order valence-electron chi connectivity index (χ2n) is 9.13. The van der Waals surface area contributed by atoms with Gasteiger partial charge in [0, 0.05) is 25.0 Å². The molecule has 0 bridgehead atoms. The SMILES string of the molecule is CC(C)C(=O)N[C@@H](CN1CCC(c2ccc(F)cc2)C(C)(C)C1)C(C)C. The van der Waals surface area contributed by atoms with Gasteiger partial charge in [-0.1, -0.05) is 53.7 Å². The summed E-state index contributed by atoms with van der Waals surface area (Å²) in [5.74, 6) is 0.795. The van der Waals surface area contributed by atoms with Crippen LogP contribution in [0, 0.1) is 23.1 Å². The fourth-order valence-electron chi connectivity index (χ4n) is 3.99. The number of likely N-dealkylation sites (tertiary alicyclic amines) is 1. The van der Waals surface area contributed by atoms with Crippen molar-refractivity contribution in [3.8, 4) is 0 Å². The van der Waals surface area contributed by atoms with E-state index in [9.17, 15) is 9.18 Å². The molecule has 0 aromatic heterocycles. The molecule has 3 nitrogen and oxygen atoms in total. The molecule has 1 aliphatic heterocycles. The number of halogens is 1. The molecule has 1 heterocycles. The molecule has 1 aromatic rings. The van der Waals surface area contributed by atoms with Gasteiger partial charge in [-0.05, 0) is 47.9 Å². The molecule has 1 unspecified atom stereocenters. The number of hydrogen-bond acceptors (Lipinski definition) is 2. The quantitative estimate of drug-likeness (QED) is 0.811. The number of benzene rings is 1. The Morgan fingerprint density at radius 1 is 1.23 bits per heavy atom. The largest absolute Gasteiger partial charge is 0.352 e. The molecule has 2 rings (SSSR count). The van der Waals surface area contributed by atoms with Crippen LogP contribution in [-0.4, -0.2) is 36.5 Å². The normalized spacial score (nSPS) is 21.8. The zero-order valence-electron chi connectivity index (χ0n) is 17.2. The molecule has 0 radical (unpaired) electrons. The van der Waals surface area contributed by atoms with E-state index in [0.29, 0.717) is 11.8 Å². The van der Waals surface area contributed by atoms with Gasteiger partial charge in [0.15, 0.2) is 0 Å². The Bertz CT molecular complexity index is 595. The highest BCUT2D eigenvalue weighted by atomic mass is 19.1. The van der Waals surface area contributed by atoms with E-state index < -0.39 is 0 Å². The lowest BCUT2D eigenvalue weighted by molar-refractivity contribution is -0.125. The number of amides is 1. The number of carbonyl (C=O) groups excluding carboxylic acids is 1. The van der Waals surface area contributed by atoms with Crippen LogP contribution in [0.2, 0.25) is 0 Å². The maximum atomic E-state index is 13.2. The third kappa shape index (κ3) is 5.29. The van der Waals surface area contributed by atoms with Gasteiger partial charge in [0.1, 0.15) is 5.82 Å². The van der Waals surface area contributed by atoms with E-state index in [1.54, 1.807) is 12.1 Å². The van der Waals surface area contributed by atoms with E-state index in [-0.39, 0.29) is 29.1 Å². The third-order valence-corrected chi connectivity index (χ3v) is 5.69. The van der Waals surface area contributed by atoms with Crippen molar-refractivity contribution in [2.75, 3.05) is 19.6 Å². The minimum absolute atomic E-state index is 0.0110. The number of nitrogens with one attached hydrogen (secondary N) is 1. The van der Waals surface area contributed by atoms with Gasteiger partial charge in [0.05, 0.1) is 0 Å². The Hall–Kier alpha value is -1.42. The molecule has 4 heteroatoms. The number of hydrogen-bond donors (Lipinski definition) is 1. The highest BCUT2D eigenvalue weighted by Gasteiger charge is 2.37. The number of carbonyl (C=O) groups is 1. The molecule has 1 saturated heterocycles. The van der Waals surface area contributed by atoms with Crippen molar-refractivity contribution in [2.45, 2.75) is 59.9 Å². The van der Waals surface area contributed by atoms with Crippen LogP contribution in [0.25, 0.3) is 0 Å². The Labute approximate surface area is 158 Å². The van der Waals surface area contributed by atoms with Crippen LogP contribution in [0.5, 0.6) is 0 Å². The molecule has 1 aliphatic rings. The molecule has 0 saturated carbocycles. The predicted octanol–water partition coefficient (Wildman–Crippen LogP) is 4.44. The first kappa shape index (κ1) is 20.9. The average molecular weight is 363 g/mol. The second kappa shape index (κ2) is 8.51. The predicted molar refractivity (Wildman–Crippen MR) is 106 cm³/mol. The van der Waals surface area contributed by atoms with Crippen molar-refractivity contribution in [3.05, 3.63) is 35.6 Å². The lowest BCUT2D eigenvalue weighted by Crippen LogP contribution is -2.52. The maximum Gasteiger partial charge on any atom is 0.222 e. The Balaban J connectivity index is 2.03. The number of piperidine rings is 1. The Kier molecular flexibility index (Phi) is 6.84. The first-order valence-electron chi connectivity index (χ1n) is 9.88. The van der Waals surface area contributed by atoms with Gasteiger partial charge in [-0.25, -0.2) is 4.39 Å². The van der Waals surface area contributed by atoms with Gasteiger partial charge in [-0.15, -0.1) is 0 Å². The Morgan fingerprint density at radius 3 is 2.35 bits per heavy atom. The fraction of sp³-hybridized carbons (Fsp3) is 0.682. The van der Waals surface area contributed by atoms with Crippen molar-refractivity contribution in [1.82, 2.24) is 10.2 Å². The van der Waals surface area contributed by atoms with Crippen molar-refractivity contribution in [3.63, 3.8) is 0 Å². The zero-order valence-corrected chi connectivity index (χ0v) is 17.2. The lowest BCUT2D eigenvalue weighted by Gasteiger charge is -2.46. The van der Waals surface area contributed by atoms with Crippen LogP contribution < -0.4 is 5.32 Å². The second-order valence-corrected chi connectivity index (χ2v) is 9.13. The topological polar surface area (TPSA) is 32.3 Å². The molecule has 0 aliphatic carbocycles. The summed E-state index contributed by atoms with van der Waals surface area (Å²) in [7, 11) is 0. The molecule has 26 heavy (non-hydrogen) atoms. The summed E-state index contributed by atoms with van der Waals surface area (Å²) in [6.45, 7) is 15.7. The van der Waals surface area contributed by atoms with Crippen LogP contribution in [0.4, 0.5) is 4.39 Å². The van der Waals surface area contributed by atoms with Crippen LogP contribution in [-0.2, 0) is 4.79 Å². The highest BCUT2D eigenvalue weighted by molar-refractivity contribution is 5.78. The van der Waals surface area contributed by atoms with E-state index in [4.69, 9.17) is 0 Å². The summed E-state index contributed by atoms with van der Waals surface area (Å²) in [6.07, 6.45) is 1.06. The molecule has 1 fully saturated rings. The van der Waals surface area contributed by atoms with Crippen LogP contribution in [0.3, 0.4) is 0 Å². The third-order valence-electron chi connectivity index (χ3n) is 5.69. The summed E-state index contributed by atoms with van der Waals surface area (Å²) in [5.41, 5.74) is 1.34. The zero-order chi connectivity index (χ0) is 19.5. The maximum absolute atomic E-state index is 13.2. The smallest absolute Gasteiger partial charge is 0.222 e. The first-order chi connectivity index (χ1) is 12.1. The molecular weight excluding hydrogens is 327 g/mol. The standard InChI is InChI=1S/C22H35FN2O/c1-15(2)20(24-21(26)16(3)4)13-25-12-11-19(22(5,6)14-25)17-7-9-18(23)10-8-17/h7-10,15-16,19-20H,11-14H2,1-6H3,(H,24,26)/t19?,20-/m0/s1. The van der Waals surface area contributed by atoms with E-state index in [0.717, 1.165) is 26.1 Å². The summed E-state index contributed by atoms with van der Waals surface area (Å²) in [6, 6.07) is 7.15. The van der Waals surface area contributed by atoms with Gasteiger partial charge in [-0.3, -0.25) is 4.79 Å². The van der Waals surface area contributed by atoms with Gasteiger partial charge in [-0.2, -0.15) is 0 Å². The van der Waals surface area contributed by atoms with Crippen LogP contribution in [0.15, 0.2) is 24.3 Å². The summed E-state index contributed by atoms with van der Waals surface area (Å²) in [5, 5.41) is 3.22. The molecule has 1 amide bonds. The summed E-state index contributed by atoms with van der Waals surface area (Å²) >= 11 is 0. The van der Waals surface area contributed by atoms with E-state index >= 15 is 0 Å². The van der Waals surface area contributed by atoms with Gasteiger partial charge < -0.3 is 10.2 Å². The molecule has 0 spiro atoms. The number of nitrogens with zero attached hydrogens (tertiary/aromatic N) is 1. The van der Waals surface area contributed by atoms with Gasteiger partial charge in [0.25, 0.3) is 0 Å². The monoisotopic (exact) mass is 362 g/mol. The van der Waals surface area contributed by atoms with E-state index in [2.05, 4.69) is 37.9 Å². The van der Waals surface area contributed by atoms with Crippen molar-refractivity contribution in [2.24, 2.45) is 17.3 Å². The molecule has 2 atom stereocenters. The van der Waals surface area contributed by atoms with Crippen LogP contribution >= 0.6 is 0 Å². The summed E-state index contributed by atoms with van der Waals surface area (Å²) in [4.78, 5) is 14.6. The molecule has 1 aromatic carbocycles. The van der Waals surface area contributed by atoms with Gasteiger partial charge >= 0.3 is 0 Å².